The molecule has 16 heavy (non-hydrogen) atoms. The van der Waals surface area contributed by atoms with Crippen LogP contribution in [0.15, 0.2) is 41.5 Å². The van der Waals surface area contributed by atoms with Crippen LogP contribution in [0, 0.1) is 0 Å². The fraction of sp³-hybridized carbons (Fsp3) is 0.333. The van der Waals surface area contributed by atoms with Gasteiger partial charge in [-0.25, -0.2) is 0 Å². The molecule has 1 aromatic rings. The van der Waals surface area contributed by atoms with Gasteiger partial charge in [-0.1, -0.05) is 35.4 Å². The molecule has 0 aliphatic heterocycles. The van der Waals surface area contributed by atoms with Crippen LogP contribution in [0.5, 0.6) is 5.75 Å². The molecule has 86 valence electrons. The number of hydrogen-bond acceptors (Lipinski definition) is 1. The number of hydrogen-bond donors (Lipinski definition) is 1. The average molecular weight is 216 g/mol. The van der Waals surface area contributed by atoms with E-state index in [0.717, 1.165) is 18.4 Å². The second-order valence-electron chi connectivity index (χ2n) is 4.41. The van der Waals surface area contributed by atoms with Crippen LogP contribution in [0.2, 0.25) is 0 Å². The maximum absolute atomic E-state index is 9.34. The lowest BCUT2D eigenvalue weighted by Crippen LogP contribution is -1.78. The van der Waals surface area contributed by atoms with Crippen molar-refractivity contribution in [1.29, 1.82) is 0 Å². The van der Waals surface area contributed by atoms with Gasteiger partial charge in [-0.15, -0.1) is 0 Å². The highest BCUT2D eigenvalue weighted by atomic mass is 16.3. The molecule has 0 aliphatic rings. The van der Waals surface area contributed by atoms with Gasteiger partial charge < -0.3 is 5.11 Å². The third-order valence-corrected chi connectivity index (χ3v) is 2.37. The maximum atomic E-state index is 9.34. The molecule has 1 heteroatoms. The van der Waals surface area contributed by atoms with Crippen LogP contribution in [0.25, 0.3) is 6.08 Å². The van der Waals surface area contributed by atoms with Crippen LogP contribution in [-0.2, 0) is 0 Å². The van der Waals surface area contributed by atoms with Crippen molar-refractivity contribution in [1.82, 2.24) is 0 Å². The highest BCUT2D eigenvalue weighted by Gasteiger charge is 1.93. The van der Waals surface area contributed by atoms with E-state index in [0.29, 0.717) is 5.75 Å². The molecule has 0 heterocycles. The molecule has 0 fully saturated rings. The van der Waals surface area contributed by atoms with E-state index >= 15 is 0 Å². The summed E-state index contributed by atoms with van der Waals surface area (Å²) in [6.45, 7) is 6.37. The normalized spacial score (nSPS) is 11.3. The van der Waals surface area contributed by atoms with Crippen molar-refractivity contribution in [2.75, 3.05) is 0 Å². The summed E-state index contributed by atoms with van der Waals surface area (Å²) in [6.07, 6.45) is 6.53. The van der Waals surface area contributed by atoms with Crippen LogP contribution in [0.1, 0.15) is 39.2 Å². The monoisotopic (exact) mass is 216 g/mol. The van der Waals surface area contributed by atoms with Crippen molar-refractivity contribution < 1.29 is 5.11 Å². The molecule has 1 rings (SSSR count). The Balaban J connectivity index is 2.59. The zero-order valence-electron chi connectivity index (χ0n) is 10.3. The molecule has 0 saturated carbocycles. The van der Waals surface area contributed by atoms with Crippen molar-refractivity contribution in [3.05, 3.63) is 47.1 Å². The number of phenolic OH excluding ortho intramolecular Hbond substituents is 1. The summed E-state index contributed by atoms with van der Waals surface area (Å²) in [5, 5.41) is 9.34. The van der Waals surface area contributed by atoms with Crippen LogP contribution in [0.4, 0.5) is 0 Å². The van der Waals surface area contributed by atoms with Crippen molar-refractivity contribution in [2.24, 2.45) is 0 Å². The zero-order chi connectivity index (χ0) is 12.0. The molecule has 0 atom stereocenters. The number of allylic oxidation sites excluding steroid dienone is 3. The van der Waals surface area contributed by atoms with Gasteiger partial charge in [0, 0.05) is 0 Å². The van der Waals surface area contributed by atoms with Gasteiger partial charge in [-0.2, -0.15) is 0 Å². The number of rotatable bonds is 4. The lowest BCUT2D eigenvalue weighted by Gasteiger charge is -2.00. The van der Waals surface area contributed by atoms with Gasteiger partial charge in [0.1, 0.15) is 5.75 Å². The largest absolute Gasteiger partial charge is 0.508 e. The molecule has 0 aliphatic carbocycles. The van der Waals surface area contributed by atoms with E-state index in [4.69, 9.17) is 0 Å². The Labute approximate surface area is 98.1 Å². The molecular formula is C15H20O. The molecule has 1 aromatic carbocycles. The number of benzene rings is 1. The second kappa shape index (κ2) is 6.16. The molecule has 0 spiro atoms. The van der Waals surface area contributed by atoms with Gasteiger partial charge >= 0.3 is 0 Å². The van der Waals surface area contributed by atoms with E-state index in [-0.39, 0.29) is 0 Å². The Kier molecular flexibility index (Phi) is 4.84. The van der Waals surface area contributed by atoms with Gasteiger partial charge in [-0.05, 0) is 51.3 Å². The van der Waals surface area contributed by atoms with Crippen molar-refractivity contribution >= 4 is 6.08 Å². The summed E-state index contributed by atoms with van der Waals surface area (Å²) in [6, 6.07) is 7.34. The first kappa shape index (κ1) is 12.6. The van der Waals surface area contributed by atoms with Crippen molar-refractivity contribution in [3.63, 3.8) is 0 Å². The minimum Gasteiger partial charge on any atom is -0.508 e. The minimum absolute atomic E-state index is 0.325. The maximum Gasteiger partial charge on any atom is 0.116 e. The van der Waals surface area contributed by atoms with Crippen LogP contribution >= 0.6 is 0 Å². The molecule has 1 N–H and O–H groups in total. The molecule has 0 aromatic heterocycles. The van der Waals surface area contributed by atoms with E-state index in [2.05, 4.69) is 32.9 Å². The molecule has 0 bridgehead atoms. The molecule has 0 amide bonds. The topological polar surface area (TPSA) is 20.2 Å². The van der Waals surface area contributed by atoms with Gasteiger partial charge in [-0.3, -0.25) is 0 Å². The minimum atomic E-state index is 0.325. The highest BCUT2D eigenvalue weighted by molar-refractivity contribution is 5.54. The summed E-state index contributed by atoms with van der Waals surface area (Å²) in [5.74, 6) is 0.325. The fourth-order valence-electron chi connectivity index (χ4n) is 1.56. The zero-order valence-corrected chi connectivity index (χ0v) is 10.3. The molecule has 1 nitrogen and oxygen atoms in total. The first-order valence-electron chi connectivity index (χ1n) is 5.67. The molecule has 0 saturated heterocycles. The molecular weight excluding hydrogens is 196 g/mol. The van der Waals surface area contributed by atoms with Crippen molar-refractivity contribution in [2.45, 2.75) is 33.6 Å². The van der Waals surface area contributed by atoms with Crippen LogP contribution < -0.4 is 0 Å². The summed E-state index contributed by atoms with van der Waals surface area (Å²) in [7, 11) is 0. The Morgan fingerprint density at radius 3 is 2.62 bits per heavy atom. The summed E-state index contributed by atoms with van der Waals surface area (Å²) < 4.78 is 0. The van der Waals surface area contributed by atoms with E-state index in [1.54, 1.807) is 12.1 Å². The highest BCUT2D eigenvalue weighted by Crippen LogP contribution is 2.16. The van der Waals surface area contributed by atoms with Crippen LogP contribution in [0.3, 0.4) is 0 Å². The van der Waals surface area contributed by atoms with Gasteiger partial charge in [0.15, 0.2) is 0 Å². The first-order valence-corrected chi connectivity index (χ1v) is 5.67. The van der Waals surface area contributed by atoms with E-state index in [1.165, 1.54) is 11.1 Å². The number of phenols is 1. The van der Waals surface area contributed by atoms with Gasteiger partial charge in [0.05, 0.1) is 0 Å². The Hall–Kier alpha value is -1.50. The smallest absolute Gasteiger partial charge is 0.116 e. The lowest BCUT2D eigenvalue weighted by atomic mass is 10.1. The molecule has 0 unspecified atom stereocenters. The SMILES string of the molecule is CC(C)=CCCC(C)=Cc1cccc(O)c1. The standard InChI is InChI=1S/C15H20O/c1-12(2)6-4-7-13(3)10-14-8-5-9-15(16)11-14/h5-6,8-11,16H,4,7H2,1-3H3. The second-order valence-corrected chi connectivity index (χ2v) is 4.41. The Morgan fingerprint density at radius 1 is 1.25 bits per heavy atom. The average Bonchev–Trinajstić information content (AvgIpc) is 2.16. The summed E-state index contributed by atoms with van der Waals surface area (Å²) in [5.41, 5.74) is 3.77. The third-order valence-electron chi connectivity index (χ3n) is 2.37. The molecule has 0 radical (unpaired) electrons. The lowest BCUT2D eigenvalue weighted by molar-refractivity contribution is 0.475. The Bertz CT molecular complexity index is 396. The van der Waals surface area contributed by atoms with E-state index in [9.17, 15) is 5.11 Å². The predicted octanol–water partition coefficient (Wildman–Crippen LogP) is 4.54. The van der Waals surface area contributed by atoms with Gasteiger partial charge in [0.2, 0.25) is 0 Å². The fourth-order valence-corrected chi connectivity index (χ4v) is 1.56. The van der Waals surface area contributed by atoms with Gasteiger partial charge in [0.25, 0.3) is 0 Å². The van der Waals surface area contributed by atoms with E-state index < -0.39 is 0 Å². The van der Waals surface area contributed by atoms with Crippen molar-refractivity contribution in [3.8, 4) is 5.75 Å². The first-order chi connectivity index (χ1) is 7.58. The third kappa shape index (κ3) is 4.83. The number of aromatic hydroxyl groups is 1. The summed E-state index contributed by atoms with van der Waals surface area (Å²) >= 11 is 0. The predicted molar refractivity (Wildman–Crippen MR) is 70.4 cm³/mol. The van der Waals surface area contributed by atoms with Crippen LogP contribution in [-0.4, -0.2) is 5.11 Å². The summed E-state index contributed by atoms with van der Waals surface area (Å²) in [4.78, 5) is 0. The van der Waals surface area contributed by atoms with E-state index in [1.807, 2.05) is 12.1 Å². The quantitative estimate of drug-likeness (QED) is 0.732. The Morgan fingerprint density at radius 2 is 2.00 bits per heavy atom.